The van der Waals surface area contributed by atoms with E-state index in [4.69, 9.17) is 4.74 Å². The molecule has 3 rings (SSSR count). The van der Waals surface area contributed by atoms with Crippen LogP contribution < -0.4 is 5.32 Å². The fourth-order valence-corrected chi connectivity index (χ4v) is 4.75. The number of thiophene rings is 1. The van der Waals surface area contributed by atoms with Crippen molar-refractivity contribution in [3.63, 3.8) is 0 Å². The molecule has 7 heteroatoms. The molecular formula is C22H24N2O3S2. The van der Waals surface area contributed by atoms with E-state index in [2.05, 4.69) is 48.4 Å². The maximum atomic E-state index is 12.6. The Balaban J connectivity index is 1.70. The molecule has 2 aromatic heterocycles. The third-order valence-corrected chi connectivity index (χ3v) is 6.67. The van der Waals surface area contributed by atoms with Gasteiger partial charge in [0.05, 0.1) is 11.3 Å². The van der Waals surface area contributed by atoms with Crippen LogP contribution in [0.2, 0.25) is 0 Å². The Bertz CT molecular complexity index is 1030. The number of thiazole rings is 1. The fraction of sp³-hybridized carbons (Fsp3) is 0.318. The fourth-order valence-electron chi connectivity index (χ4n) is 2.85. The van der Waals surface area contributed by atoms with Gasteiger partial charge in [0.1, 0.15) is 16.6 Å². The number of rotatable bonds is 6. The van der Waals surface area contributed by atoms with Crippen molar-refractivity contribution in [3.05, 3.63) is 56.9 Å². The smallest absolute Gasteiger partial charge is 0.341 e. The van der Waals surface area contributed by atoms with E-state index in [9.17, 15) is 9.59 Å². The molecule has 3 aromatic rings. The van der Waals surface area contributed by atoms with Gasteiger partial charge in [-0.05, 0) is 30.9 Å². The van der Waals surface area contributed by atoms with Gasteiger partial charge in [0.25, 0.3) is 0 Å². The Morgan fingerprint density at radius 2 is 1.86 bits per heavy atom. The zero-order valence-electron chi connectivity index (χ0n) is 17.2. The zero-order chi connectivity index (χ0) is 21.1. The summed E-state index contributed by atoms with van der Waals surface area (Å²) in [5, 5.41) is 6.05. The quantitative estimate of drug-likeness (QED) is 0.494. The molecule has 29 heavy (non-hydrogen) atoms. The molecule has 1 aromatic carbocycles. The minimum absolute atomic E-state index is 0.0905. The second kappa shape index (κ2) is 8.88. The van der Waals surface area contributed by atoms with E-state index >= 15 is 0 Å². The van der Waals surface area contributed by atoms with Crippen LogP contribution in [0.4, 0.5) is 5.00 Å². The highest BCUT2D eigenvalue weighted by Gasteiger charge is 2.22. The van der Waals surface area contributed by atoms with Crippen LogP contribution in [0.15, 0.2) is 29.6 Å². The molecule has 1 N–H and O–H groups in total. The van der Waals surface area contributed by atoms with Gasteiger partial charge in [-0.2, -0.15) is 0 Å². The van der Waals surface area contributed by atoms with Crippen molar-refractivity contribution in [1.82, 2.24) is 4.98 Å². The number of ether oxygens (including phenoxy) is 1. The third kappa shape index (κ3) is 4.92. The lowest BCUT2D eigenvalue weighted by Gasteiger charge is -2.06. The van der Waals surface area contributed by atoms with Crippen LogP contribution in [0.1, 0.15) is 58.7 Å². The van der Waals surface area contributed by atoms with E-state index in [-0.39, 0.29) is 12.5 Å². The number of aryl methyl sites for hydroxylation is 1. The molecule has 0 saturated heterocycles. The van der Waals surface area contributed by atoms with Gasteiger partial charge >= 0.3 is 5.97 Å². The largest absolute Gasteiger partial charge is 0.455 e. The van der Waals surface area contributed by atoms with Crippen LogP contribution in [-0.4, -0.2) is 16.9 Å². The summed E-state index contributed by atoms with van der Waals surface area (Å²) in [6, 6.07) is 8.38. The van der Waals surface area contributed by atoms with Crippen LogP contribution in [0.5, 0.6) is 0 Å². The zero-order valence-corrected chi connectivity index (χ0v) is 18.8. The second-order valence-corrected chi connectivity index (χ2v) is 9.25. The molecule has 0 bridgehead atoms. The molecule has 1 amide bonds. The number of aromatic nitrogens is 1. The third-order valence-electron chi connectivity index (χ3n) is 4.61. The topological polar surface area (TPSA) is 68.3 Å². The predicted octanol–water partition coefficient (Wildman–Crippen LogP) is 5.93. The Morgan fingerprint density at radius 1 is 1.17 bits per heavy atom. The molecule has 2 heterocycles. The summed E-state index contributed by atoms with van der Waals surface area (Å²) in [5.41, 5.74) is 4.29. The van der Waals surface area contributed by atoms with Crippen molar-refractivity contribution in [3.8, 4) is 10.6 Å². The number of hydrogen-bond donors (Lipinski definition) is 1. The maximum Gasteiger partial charge on any atom is 0.341 e. The van der Waals surface area contributed by atoms with Gasteiger partial charge in [-0.25, -0.2) is 9.78 Å². The SMILES string of the molecule is CC(=O)Nc1sc(C)c(C)c1C(=O)OCc1csc(-c2ccc(C(C)C)cc2)n1. The second-order valence-electron chi connectivity index (χ2n) is 7.17. The van der Waals surface area contributed by atoms with Crippen LogP contribution >= 0.6 is 22.7 Å². The molecule has 0 fully saturated rings. The highest BCUT2D eigenvalue weighted by Crippen LogP contribution is 2.33. The summed E-state index contributed by atoms with van der Waals surface area (Å²) in [7, 11) is 0. The number of carbonyl (C=O) groups is 2. The van der Waals surface area contributed by atoms with Gasteiger partial charge in [0.15, 0.2) is 0 Å². The number of amides is 1. The summed E-state index contributed by atoms with van der Waals surface area (Å²) < 4.78 is 5.49. The molecule has 152 valence electrons. The first kappa shape index (κ1) is 21.2. The lowest BCUT2D eigenvalue weighted by molar-refractivity contribution is -0.114. The standard InChI is InChI=1S/C22H24N2O3S2/c1-12(2)16-6-8-17(9-7-16)20-24-18(11-28-20)10-27-22(26)19-13(3)14(4)29-21(19)23-15(5)25/h6-9,11-12H,10H2,1-5H3,(H,23,25). The average molecular weight is 429 g/mol. The Morgan fingerprint density at radius 3 is 2.48 bits per heavy atom. The number of esters is 1. The first-order chi connectivity index (χ1) is 13.8. The number of carbonyl (C=O) groups excluding carboxylic acids is 2. The van der Waals surface area contributed by atoms with Gasteiger partial charge in [0.2, 0.25) is 5.91 Å². The van der Waals surface area contributed by atoms with Crippen LogP contribution in [0.3, 0.4) is 0 Å². The average Bonchev–Trinajstić information content (AvgIpc) is 3.24. The Kier molecular flexibility index (Phi) is 6.49. The van der Waals surface area contributed by atoms with E-state index < -0.39 is 5.97 Å². The molecule has 0 aliphatic rings. The molecule has 5 nitrogen and oxygen atoms in total. The summed E-state index contributed by atoms with van der Waals surface area (Å²) in [5.74, 6) is -0.179. The molecule has 0 spiro atoms. The number of anilines is 1. The minimum atomic E-state index is -0.452. The summed E-state index contributed by atoms with van der Waals surface area (Å²) in [6.07, 6.45) is 0. The molecule has 0 radical (unpaired) electrons. The first-order valence-corrected chi connectivity index (χ1v) is 11.0. The van der Waals surface area contributed by atoms with Crippen molar-refractivity contribution >= 4 is 39.6 Å². The van der Waals surface area contributed by atoms with Crippen molar-refractivity contribution in [2.24, 2.45) is 0 Å². The van der Waals surface area contributed by atoms with Gasteiger partial charge in [-0.3, -0.25) is 4.79 Å². The lowest BCUT2D eigenvalue weighted by Crippen LogP contribution is -2.12. The summed E-state index contributed by atoms with van der Waals surface area (Å²) in [6.45, 7) is 9.62. The number of hydrogen-bond acceptors (Lipinski definition) is 6. The summed E-state index contributed by atoms with van der Waals surface area (Å²) >= 11 is 2.90. The monoisotopic (exact) mass is 428 g/mol. The number of nitrogens with one attached hydrogen (secondary N) is 1. The molecule has 0 unspecified atom stereocenters. The number of nitrogens with zero attached hydrogens (tertiary/aromatic N) is 1. The van der Waals surface area contributed by atoms with E-state index in [0.717, 1.165) is 21.0 Å². The highest BCUT2D eigenvalue weighted by atomic mass is 32.1. The van der Waals surface area contributed by atoms with Crippen LogP contribution in [0, 0.1) is 13.8 Å². The van der Waals surface area contributed by atoms with Crippen molar-refractivity contribution in [2.45, 2.75) is 47.1 Å². The van der Waals surface area contributed by atoms with Gasteiger partial charge in [-0.15, -0.1) is 22.7 Å². The van der Waals surface area contributed by atoms with Crippen LogP contribution in [0.25, 0.3) is 10.6 Å². The Hall–Kier alpha value is -2.51. The molecular weight excluding hydrogens is 404 g/mol. The first-order valence-electron chi connectivity index (χ1n) is 9.35. The van der Waals surface area contributed by atoms with Gasteiger partial charge < -0.3 is 10.1 Å². The van der Waals surface area contributed by atoms with E-state index in [1.54, 1.807) is 0 Å². The molecule has 0 saturated carbocycles. The predicted molar refractivity (Wildman–Crippen MR) is 119 cm³/mol. The number of benzene rings is 1. The lowest BCUT2D eigenvalue weighted by atomic mass is 10.0. The summed E-state index contributed by atoms with van der Waals surface area (Å²) in [4.78, 5) is 29.6. The van der Waals surface area contributed by atoms with E-state index in [1.807, 2.05) is 19.2 Å². The minimum Gasteiger partial charge on any atom is -0.455 e. The van der Waals surface area contributed by atoms with Crippen LogP contribution in [-0.2, 0) is 16.1 Å². The molecule has 0 aliphatic carbocycles. The van der Waals surface area contributed by atoms with Crippen molar-refractivity contribution in [2.75, 3.05) is 5.32 Å². The van der Waals surface area contributed by atoms with Crippen molar-refractivity contribution in [1.29, 1.82) is 0 Å². The highest BCUT2D eigenvalue weighted by molar-refractivity contribution is 7.16. The molecule has 0 atom stereocenters. The van der Waals surface area contributed by atoms with E-state index in [0.29, 0.717) is 22.2 Å². The maximum absolute atomic E-state index is 12.6. The normalized spacial score (nSPS) is 11.0. The van der Waals surface area contributed by atoms with Gasteiger partial charge in [0, 0.05) is 22.7 Å². The van der Waals surface area contributed by atoms with E-state index in [1.165, 1.54) is 35.2 Å². The molecule has 0 aliphatic heterocycles. The van der Waals surface area contributed by atoms with Crippen molar-refractivity contribution < 1.29 is 14.3 Å². The Labute approximate surface area is 178 Å². The van der Waals surface area contributed by atoms with Gasteiger partial charge in [-0.1, -0.05) is 38.1 Å².